The first-order chi connectivity index (χ1) is 12.3. The van der Waals surface area contributed by atoms with Crippen molar-refractivity contribution in [1.82, 2.24) is 10.6 Å². The van der Waals surface area contributed by atoms with Crippen molar-refractivity contribution < 1.29 is 18.0 Å². The number of thioether (sulfide) groups is 1. The number of carbonyl (C=O) groups excluding carboxylic acids is 1. The molecule has 1 aliphatic rings. The van der Waals surface area contributed by atoms with E-state index in [1.165, 1.54) is 6.42 Å². The Morgan fingerprint density at radius 1 is 1.26 bits per heavy atom. The van der Waals surface area contributed by atoms with Crippen LogP contribution >= 0.6 is 35.7 Å². The fourth-order valence-corrected chi connectivity index (χ4v) is 3.80. The van der Waals surface area contributed by atoms with Gasteiger partial charge in [-0.05, 0) is 44.6 Å². The van der Waals surface area contributed by atoms with Crippen molar-refractivity contribution in [3.05, 3.63) is 29.6 Å². The molecule has 1 unspecified atom stereocenters. The molecule has 27 heavy (non-hydrogen) atoms. The molecule has 0 aliphatic carbocycles. The first kappa shape index (κ1) is 23.9. The fourth-order valence-electron chi connectivity index (χ4n) is 2.55. The molecule has 1 atom stereocenters. The van der Waals surface area contributed by atoms with E-state index in [0.717, 1.165) is 24.3 Å². The molecule has 0 saturated carbocycles. The Morgan fingerprint density at radius 2 is 2.00 bits per heavy atom. The summed E-state index contributed by atoms with van der Waals surface area (Å²) in [5.74, 6) is -3.39. The summed E-state index contributed by atoms with van der Waals surface area (Å²) in [5.41, 5.74) is -0.420. The lowest BCUT2D eigenvalue weighted by molar-refractivity contribution is -0.114. The van der Waals surface area contributed by atoms with Crippen LogP contribution in [0.1, 0.15) is 26.7 Å². The van der Waals surface area contributed by atoms with Crippen LogP contribution in [0.4, 0.5) is 18.9 Å². The van der Waals surface area contributed by atoms with Crippen LogP contribution in [0.15, 0.2) is 17.1 Å². The minimum absolute atomic E-state index is 0. The van der Waals surface area contributed by atoms with Crippen LogP contribution in [-0.4, -0.2) is 42.0 Å². The van der Waals surface area contributed by atoms with E-state index in [4.69, 9.17) is 0 Å². The lowest BCUT2D eigenvalue weighted by Gasteiger charge is -2.24. The van der Waals surface area contributed by atoms with Crippen molar-refractivity contribution in [2.75, 3.05) is 30.7 Å². The Balaban J connectivity index is 0.00000364. The summed E-state index contributed by atoms with van der Waals surface area (Å²) >= 11 is 1.90. The number of nitrogens with one attached hydrogen (secondary N) is 3. The van der Waals surface area contributed by atoms with Gasteiger partial charge in [-0.15, -0.1) is 24.0 Å². The van der Waals surface area contributed by atoms with E-state index < -0.39 is 29.0 Å². The highest BCUT2D eigenvalue weighted by Crippen LogP contribution is 2.36. The molecule has 0 radical (unpaired) electrons. The predicted octanol–water partition coefficient (Wildman–Crippen LogP) is 3.50. The molecular formula is C17H24F3IN4OS. The van der Waals surface area contributed by atoms with Gasteiger partial charge in [-0.3, -0.25) is 4.79 Å². The zero-order valence-corrected chi connectivity index (χ0v) is 18.4. The molecule has 1 saturated heterocycles. The second-order valence-electron chi connectivity index (χ2n) is 6.22. The SMILES string of the molecule is CCNC(=NCC(=O)Nc1ccc(F)c(F)c1F)NCC1(C)CCCS1.I. The van der Waals surface area contributed by atoms with Gasteiger partial charge in [0.2, 0.25) is 5.91 Å². The van der Waals surface area contributed by atoms with E-state index in [2.05, 4.69) is 27.9 Å². The van der Waals surface area contributed by atoms with Crippen molar-refractivity contribution in [2.45, 2.75) is 31.4 Å². The quantitative estimate of drug-likeness (QED) is 0.235. The monoisotopic (exact) mass is 516 g/mol. The Morgan fingerprint density at radius 3 is 2.63 bits per heavy atom. The van der Waals surface area contributed by atoms with Crippen molar-refractivity contribution in [3.8, 4) is 0 Å². The molecule has 1 fully saturated rings. The van der Waals surface area contributed by atoms with Crippen LogP contribution in [0.25, 0.3) is 0 Å². The normalized spacial score (nSPS) is 19.4. The van der Waals surface area contributed by atoms with Gasteiger partial charge in [0.05, 0.1) is 5.69 Å². The molecular weight excluding hydrogens is 492 g/mol. The van der Waals surface area contributed by atoms with Crippen molar-refractivity contribution >= 4 is 53.3 Å². The minimum atomic E-state index is -1.62. The zero-order chi connectivity index (χ0) is 19.2. The molecule has 2 rings (SSSR count). The first-order valence-corrected chi connectivity index (χ1v) is 9.42. The number of rotatable bonds is 6. The van der Waals surface area contributed by atoms with E-state index in [1.54, 1.807) is 0 Å². The Labute approximate surface area is 178 Å². The standard InChI is InChI=1S/C17H23F3N4OS.HI/c1-3-21-16(23-10-17(2)7-4-8-26-17)22-9-13(25)24-12-6-5-11(18)14(19)15(12)20;/h5-6H,3-4,7-10H2,1-2H3,(H,24,25)(H2,21,22,23);1H. The largest absolute Gasteiger partial charge is 0.357 e. The van der Waals surface area contributed by atoms with Gasteiger partial charge in [0.15, 0.2) is 23.4 Å². The summed E-state index contributed by atoms with van der Waals surface area (Å²) in [5, 5.41) is 8.43. The molecule has 5 nitrogen and oxygen atoms in total. The van der Waals surface area contributed by atoms with E-state index in [9.17, 15) is 18.0 Å². The summed E-state index contributed by atoms with van der Waals surface area (Å²) < 4.78 is 39.8. The minimum Gasteiger partial charge on any atom is -0.357 e. The molecule has 10 heteroatoms. The number of aliphatic imine (C=N–C) groups is 1. The molecule has 1 aliphatic heterocycles. The highest BCUT2D eigenvalue weighted by atomic mass is 127. The van der Waals surface area contributed by atoms with Crippen LogP contribution in [0.2, 0.25) is 0 Å². The number of carbonyl (C=O) groups is 1. The van der Waals surface area contributed by atoms with Gasteiger partial charge < -0.3 is 16.0 Å². The number of hydrogen-bond donors (Lipinski definition) is 3. The van der Waals surface area contributed by atoms with E-state index in [0.29, 0.717) is 19.0 Å². The van der Waals surface area contributed by atoms with Gasteiger partial charge >= 0.3 is 0 Å². The lowest BCUT2D eigenvalue weighted by atomic mass is 10.1. The van der Waals surface area contributed by atoms with Gasteiger partial charge in [0.25, 0.3) is 0 Å². The third-order valence-corrected chi connectivity index (χ3v) is 5.50. The summed E-state index contributed by atoms with van der Waals surface area (Å²) in [4.78, 5) is 16.1. The number of hydrogen-bond acceptors (Lipinski definition) is 3. The van der Waals surface area contributed by atoms with Gasteiger partial charge in [-0.1, -0.05) is 0 Å². The number of amides is 1. The third-order valence-electron chi connectivity index (χ3n) is 3.96. The molecule has 1 amide bonds. The van der Waals surface area contributed by atoms with E-state index in [1.807, 2.05) is 18.7 Å². The highest BCUT2D eigenvalue weighted by Gasteiger charge is 2.29. The molecule has 1 aromatic rings. The maximum Gasteiger partial charge on any atom is 0.246 e. The highest BCUT2D eigenvalue weighted by molar-refractivity contribution is 14.0. The van der Waals surface area contributed by atoms with Crippen molar-refractivity contribution in [2.24, 2.45) is 4.99 Å². The Hall–Kier alpha value is -1.17. The Kier molecular flexibility index (Phi) is 9.71. The maximum absolute atomic E-state index is 13.6. The second kappa shape index (κ2) is 11.0. The second-order valence-corrected chi connectivity index (χ2v) is 7.90. The number of guanidine groups is 1. The average Bonchev–Trinajstić information content (AvgIpc) is 3.05. The smallest absolute Gasteiger partial charge is 0.246 e. The van der Waals surface area contributed by atoms with Gasteiger partial charge in [0, 0.05) is 17.8 Å². The van der Waals surface area contributed by atoms with Gasteiger partial charge in [-0.25, -0.2) is 18.2 Å². The van der Waals surface area contributed by atoms with Crippen LogP contribution < -0.4 is 16.0 Å². The lowest BCUT2D eigenvalue weighted by Crippen LogP contribution is -2.44. The maximum atomic E-state index is 13.6. The molecule has 152 valence electrons. The molecule has 0 aromatic heterocycles. The zero-order valence-electron chi connectivity index (χ0n) is 15.2. The number of anilines is 1. The first-order valence-electron chi connectivity index (χ1n) is 8.44. The molecule has 1 aromatic carbocycles. The Bertz CT molecular complexity index is 684. The number of halogens is 4. The summed E-state index contributed by atoms with van der Waals surface area (Å²) in [7, 11) is 0. The molecule has 1 heterocycles. The van der Waals surface area contributed by atoms with Gasteiger partial charge in [0.1, 0.15) is 6.54 Å². The summed E-state index contributed by atoms with van der Waals surface area (Å²) in [6.45, 7) is 5.13. The number of benzene rings is 1. The average molecular weight is 516 g/mol. The van der Waals surface area contributed by atoms with E-state index >= 15 is 0 Å². The van der Waals surface area contributed by atoms with E-state index in [-0.39, 0.29) is 35.3 Å². The van der Waals surface area contributed by atoms with Crippen molar-refractivity contribution in [1.29, 1.82) is 0 Å². The van der Waals surface area contributed by atoms with Gasteiger partial charge in [-0.2, -0.15) is 11.8 Å². The van der Waals surface area contributed by atoms with Crippen molar-refractivity contribution in [3.63, 3.8) is 0 Å². The number of nitrogens with zero attached hydrogens (tertiary/aromatic N) is 1. The molecule has 0 bridgehead atoms. The topological polar surface area (TPSA) is 65.5 Å². The van der Waals surface area contributed by atoms with Crippen LogP contribution in [0.3, 0.4) is 0 Å². The van der Waals surface area contributed by atoms with Crippen LogP contribution in [0, 0.1) is 17.5 Å². The molecule has 0 spiro atoms. The predicted molar refractivity (Wildman–Crippen MR) is 114 cm³/mol. The van der Waals surface area contributed by atoms with Crippen LogP contribution in [-0.2, 0) is 4.79 Å². The summed E-state index contributed by atoms with van der Waals surface area (Å²) in [6, 6.07) is 1.72. The summed E-state index contributed by atoms with van der Waals surface area (Å²) in [6.07, 6.45) is 2.29. The van der Waals surface area contributed by atoms with Crippen LogP contribution in [0.5, 0.6) is 0 Å². The fraction of sp³-hybridized carbons (Fsp3) is 0.529. The third kappa shape index (κ3) is 7.05. The molecule has 3 N–H and O–H groups in total.